The van der Waals surface area contributed by atoms with Crippen LogP contribution in [-0.4, -0.2) is 29.6 Å². The van der Waals surface area contributed by atoms with Crippen LogP contribution in [0.4, 0.5) is 10.1 Å². The number of halogens is 1. The molecule has 1 aromatic rings. The van der Waals surface area contributed by atoms with Crippen molar-refractivity contribution < 1.29 is 19.1 Å². The number of para-hydroxylation sites is 1. The van der Waals surface area contributed by atoms with Gasteiger partial charge in [-0.05, 0) is 30.9 Å². The predicted molar refractivity (Wildman–Crippen MR) is 76.0 cm³/mol. The maximum Gasteiger partial charge on any atom is 0.313 e. The number of rotatable bonds is 4. The van der Waals surface area contributed by atoms with Crippen molar-refractivity contribution in [3.8, 4) is 0 Å². The third-order valence-corrected chi connectivity index (χ3v) is 3.74. The van der Waals surface area contributed by atoms with Gasteiger partial charge in [0.25, 0.3) is 0 Å². The van der Waals surface area contributed by atoms with E-state index in [1.165, 1.54) is 18.2 Å². The highest BCUT2D eigenvalue weighted by Crippen LogP contribution is 2.27. The molecule has 1 aliphatic rings. The van der Waals surface area contributed by atoms with Crippen molar-refractivity contribution in [2.24, 2.45) is 5.92 Å². The van der Waals surface area contributed by atoms with Crippen molar-refractivity contribution in [3.63, 3.8) is 0 Å². The summed E-state index contributed by atoms with van der Waals surface area (Å²) in [5.41, 5.74) is -0.0472. The zero-order chi connectivity index (χ0) is 15.2. The van der Waals surface area contributed by atoms with E-state index in [1.54, 1.807) is 6.07 Å². The number of hydrogen-bond donors (Lipinski definition) is 3. The van der Waals surface area contributed by atoms with E-state index in [9.17, 15) is 19.1 Å². The van der Waals surface area contributed by atoms with E-state index >= 15 is 0 Å². The molecule has 1 aromatic carbocycles. The average molecular weight is 294 g/mol. The minimum Gasteiger partial charge on any atom is -0.391 e. The van der Waals surface area contributed by atoms with Crippen LogP contribution < -0.4 is 10.6 Å². The third kappa shape index (κ3) is 4.26. The first-order chi connectivity index (χ1) is 10.1. The largest absolute Gasteiger partial charge is 0.391 e. The van der Waals surface area contributed by atoms with Crippen LogP contribution in [0.5, 0.6) is 0 Å². The molecule has 0 radical (unpaired) electrons. The summed E-state index contributed by atoms with van der Waals surface area (Å²) in [5.74, 6) is -2.25. The molecule has 0 aromatic heterocycles. The molecule has 2 amide bonds. The fourth-order valence-corrected chi connectivity index (χ4v) is 2.53. The van der Waals surface area contributed by atoms with Crippen molar-refractivity contribution in [2.75, 3.05) is 11.9 Å². The molecule has 1 atom stereocenters. The van der Waals surface area contributed by atoms with E-state index in [1.807, 2.05) is 0 Å². The number of anilines is 1. The Balaban J connectivity index is 1.80. The van der Waals surface area contributed by atoms with Gasteiger partial charge in [-0.25, -0.2) is 4.39 Å². The molecule has 0 spiro atoms. The van der Waals surface area contributed by atoms with Gasteiger partial charge in [-0.1, -0.05) is 25.0 Å². The van der Waals surface area contributed by atoms with Gasteiger partial charge in [0.15, 0.2) is 0 Å². The molecule has 3 N–H and O–H groups in total. The van der Waals surface area contributed by atoms with Crippen LogP contribution in [0.1, 0.15) is 25.7 Å². The fraction of sp³-hybridized carbons (Fsp3) is 0.467. The van der Waals surface area contributed by atoms with Gasteiger partial charge in [0, 0.05) is 6.54 Å². The third-order valence-electron chi connectivity index (χ3n) is 3.74. The first kappa shape index (κ1) is 15.4. The SMILES string of the molecule is O=C(NCC(O)C1CCCC1)C(=O)Nc1ccccc1F. The van der Waals surface area contributed by atoms with E-state index < -0.39 is 23.7 Å². The van der Waals surface area contributed by atoms with Crippen LogP contribution in [0.25, 0.3) is 0 Å². The predicted octanol–water partition coefficient (Wildman–Crippen LogP) is 1.43. The lowest BCUT2D eigenvalue weighted by Crippen LogP contribution is -2.41. The van der Waals surface area contributed by atoms with Crippen LogP contribution in [0.3, 0.4) is 0 Å². The maximum absolute atomic E-state index is 13.3. The summed E-state index contributed by atoms with van der Waals surface area (Å²) in [6.07, 6.45) is 3.42. The van der Waals surface area contributed by atoms with E-state index in [4.69, 9.17) is 0 Å². The molecule has 0 heterocycles. The molecule has 1 unspecified atom stereocenters. The highest BCUT2D eigenvalue weighted by atomic mass is 19.1. The van der Waals surface area contributed by atoms with Gasteiger partial charge in [-0.15, -0.1) is 0 Å². The van der Waals surface area contributed by atoms with Crippen LogP contribution in [-0.2, 0) is 9.59 Å². The monoisotopic (exact) mass is 294 g/mol. The topological polar surface area (TPSA) is 78.4 Å². The molecular weight excluding hydrogens is 275 g/mol. The molecule has 1 fully saturated rings. The Morgan fingerprint density at radius 2 is 1.90 bits per heavy atom. The van der Waals surface area contributed by atoms with Crippen LogP contribution in [0, 0.1) is 11.7 Å². The molecule has 0 aliphatic heterocycles. The normalized spacial score (nSPS) is 16.5. The van der Waals surface area contributed by atoms with Crippen molar-refractivity contribution in [1.82, 2.24) is 5.32 Å². The molecular formula is C15H19FN2O3. The Morgan fingerprint density at radius 1 is 1.24 bits per heavy atom. The average Bonchev–Trinajstić information content (AvgIpc) is 3.01. The second-order valence-electron chi connectivity index (χ2n) is 5.26. The number of amides is 2. The van der Waals surface area contributed by atoms with Gasteiger partial charge in [0.1, 0.15) is 5.82 Å². The first-order valence-corrected chi connectivity index (χ1v) is 7.09. The molecule has 0 bridgehead atoms. The van der Waals surface area contributed by atoms with Crippen molar-refractivity contribution in [1.29, 1.82) is 0 Å². The summed E-state index contributed by atoms with van der Waals surface area (Å²) < 4.78 is 13.3. The number of nitrogens with one attached hydrogen (secondary N) is 2. The molecule has 5 nitrogen and oxygen atoms in total. The minimum atomic E-state index is -0.946. The molecule has 21 heavy (non-hydrogen) atoms. The summed E-state index contributed by atoms with van der Waals surface area (Å²) in [7, 11) is 0. The summed E-state index contributed by atoms with van der Waals surface area (Å²) in [4.78, 5) is 23.2. The fourth-order valence-electron chi connectivity index (χ4n) is 2.53. The lowest BCUT2D eigenvalue weighted by atomic mass is 10.0. The number of benzene rings is 1. The van der Waals surface area contributed by atoms with E-state index in [-0.39, 0.29) is 18.2 Å². The molecule has 114 valence electrons. The standard InChI is InChI=1S/C15H19FN2O3/c16-11-7-3-4-8-12(11)18-15(21)14(20)17-9-13(19)10-5-1-2-6-10/h3-4,7-8,10,13,19H,1-2,5-6,9H2,(H,17,20)(H,18,21). The van der Waals surface area contributed by atoms with Crippen molar-refractivity contribution >= 4 is 17.5 Å². The maximum atomic E-state index is 13.3. The van der Waals surface area contributed by atoms with Gasteiger partial charge in [0.2, 0.25) is 0 Å². The minimum absolute atomic E-state index is 0.0359. The molecule has 1 aliphatic carbocycles. The summed E-state index contributed by atoms with van der Waals surface area (Å²) in [6.45, 7) is 0.0359. The first-order valence-electron chi connectivity index (χ1n) is 7.09. The van der Waals surface area contributed by atoms with Crippen molar-refractivity contribution in [3.05, 3.63) is 30.1 Å². The number of hydrogen-bond acceptors (Lipinski definition) is 3. The Kier molecular flexibility index (Phi) is 5.27. The van der Waals surface area contributed by atoms with E-state index in [0.29, 0.717) is 0 Å². The summed E-state index contributed by atoms with van der Waals surface area (Å²) in [5, 5.41) is 14.5. The Morgan fingerprint density at radius 3 is 2.57 bits per heavy atom. The number of carbonyl (C=O) groups is 2. The Hall–Kier alpha value is -1.95. The highest BCUT2D eigenvalue weighted by Gasteiger charge is 2.24. The van der Waals surface area contributed by atoms with E-state index in [2.05, 4.69) is 10.6 Å². The quantitative estimate of drug-likeness (QED) is 0.735. The highest BCUT2D eigenvalue weighted by molar-refractivity contribution is 6.39. The summed E-state index contributed by atoms with van der Waals surface area (Å²) in [6, 6.07) is 5.61. The van der Waals surface area contributed by atoms with Gasteiger partial charge < -0.3 is 15.7 Å². The Labute approximate surface area is 122 Å². The van der Waals surface area contributed by atoms with Gasteiger partial charge >= 0.3 is 11.8 Å². The molecule has 1 saturated carbocycles. The second kappa shape index (κ2) is 7.17. The smallest absolute Gasteiger partial charge is 0.313 e. The van der Waals surface area contributed by atoms with Crippen molar-refractivity contribution in [2.45, 2.75) is 31.8 Å². The van der Waals surface area contributed by atoms with Gasteiger partial charge in [-0.3, -0.25) is 9.59 Å². The molecule has 0 saturated heterocycles. The molecule has 2 rings (SSSR count). The Bertz CT molecular complexity index is 515. The molecule has 6 heteroatoms. The van der Waals surface area contributed by atoms with Crippen LogP contribution in [0.2, 0.25) is 0 Å². The summed E-state index contributed by atoms with van der Waals surface area (Å²) >= 11 is 0. The zero-order valence-corrected chi connectivity index (χ0v) is 11.6. The number of aliphatic hydroxyl groups is 1. The van der Waals surface area contributed by atoms with E-state index in [0.717, 1.165) is 25.7 Å². The van der Waals surface area contributed by atoms with Gasteiger partial charge in [0.05, 0.1) is 11.8 Å². The van der Waals surface area contributed by atoms with Crippen LogP contribution >= 0.6 is 0 Å². The number of aliphatic hydroxyl groups excluding tert-OH is 1. The van der Waals surface area contributed by atoms with Gasteiger partial charge in [-0.2, -0.15) is 0 Å². The zero-order valence-electron chi connectivity index (χ0n) is 11.6. The number of carbonyl (C=O) groups excluding carboxylic acids is 2. The second-order valence-corrected chi connectivity index (χ2v) is 5.26. The van der Waals surface area contributed by atoms with Crippen LogP contribution in [0.15, 0.2) is 24.3 Å². The lowest BCUT2D eigenvalue weighted by molar-refractivity contribution is -0.136. The lowest BCUT2D eigenvalue weighted by Gasteiger charge is -2.17.